The zero-order chi connectivity index (χ0) is 20.8. The lowest BCUT2D eigenvalue weighted by molar-refractivity contribution is -0.113. The van der Waals surface area contributed by atoms with Crippen LogP contribution >= 0.6 is 11.8 Å². The van der Waals surface area contributed by atoms with E-state index in [9.17, 15) is 9.18 Å². The smallest absolute Gasteiger partial charge is 0.234 e. The molecule has 0 unspecified atom stereocenters. The first-order valence-corrected chi connectivity index (χ1v) is 10.2. The number of ether oxygens (including phenoxy) is 1. The lowest BCUT2D eigenvalue weighted by atomic mass is 10.0. The summed E-state index contributed by atoms with van der Waals surface area (Å²) < 4.78 is 21.2. The maximum atomic E-state index is 13.6. The minimum absolute atomic E-state index is 0.0951. The van der Waals surface area contributed by atoms with Crippen LogP contribution in [-0.4, -0.2) is 26.4 Å². The third-order valence-corrected chi connectivity index (χ3v) is 5.34. The fraction of sp³-hybridized carbons (Fsp3) is 0.286. The van der Waals surface area contributed by atoms with Gasteiger partial charge in [0.2, 0.25) is 5.91 Å². The van der Waals surface area contributed by atoms with Gasteiger partial charge in [-0.2, -0.15) is 0 Å². The second kappa shape index (κ2) is 9.56. The van der Waals surface area contributed by atoms with Gasteiger partial charge in [-0.05, 0) is 35.7 Å². The lowest BCUT2D eigenvalue weighted by Gasteiger charge is -2.09. The summed E-state index contributed by atoms with van der Waals surface area (Å²) in [7, 11) is 1.82. The Morgan fingerprint density at radius 2 is 1.90 bits per heavy atom. The molecule has 1 N–H and O–H groups in total. The van der Waals surface area contributed by atoms with Crippen LogP contribution in [-0.2, 0) is 18.4 Å². The molecule has 0 atom stereocenters. The number of hydrogen-bond acceptors (Lipinski definition) is 5. The van der Waals surface area contributed by atoms with Crippen molar-refractivity contribution in [2.24, 2.45) is 7.05 Å². The Morgan fingerprint density at radius 3 is 2.59 bits per heavy atom. The van der Waals surface area contributed by atoms with E-state index in [1.807, 2.05) is 31.3 Å². The molecule has 0 saturated carbocycles. The average Bonchev–Trinajstić information content (AvgIpc) is 3.06. The van der Waals surface area contributed by atoms with Crippen LogP contribution in [0, 0.1) is 5.82 Å². The maximum absolute atomic E-state index is 13.6. The third kappa shape index (κ3) is 5.57. The molecule has 0 spiro atoms. The quantitative estimate of drug-likeness (QED) is 0.554. The van der Waals surface area contributed by atoms with Crippen LogP contribution in [0.25, 0.3) is 0 Å². The van der Waals surface area contributed by atoms with Crippen molar-refractivity contribution in [1.29, 1.82) is 0 Å². The molecule has 1 heterocycles. The average molecular weight is 415 g/mol. The Kier molecular flexibility index (Phi) is 6.87. The number of rotatable bonds is 8. The number of hydrogen-bond donors (Lipinski definition) is 1. The number of aromatic nitrogens is 3. The maximum Gasteiger partial charge on any atom is 0.234 e. The van der Waals surface area contributed by atoms with E-state index in [0.717, 1.165) is 5.75 Å². The SMILES string of the molecule is CC(C)c1ccc(OCc2nnc(SCC(=O)Nc3ccccc3F)n2C)cc1. The number of thioether (sulfide) groups is 1. The normalized spacial score (nSPS) is 10.9. The molecule has 0 bridgehead atoms. The monoisotopic (exact) mass is 414 g/mol. The number of carbonyl (C=O) groups excluding carboxylic acids is 1. The number of carbonyl (C=O) groups is 1. The largest absolute Gasteiger partial charge is 0.486 e. The van der Waals surface area contributed by atoms with Crippen LogP contribution in [0.2, 0.25) is 0 Å². The van der Waals surface area contributed by atoms with E-state index < -0.39 is 5.82 Å². The van der Waals surface area contributed by atoms with Crippen LogP contribution in [0.4, 0.5) is 10.1 Å². The molecule has 1 amide bonds. The molecule has 29 heavy (non-hydrogen) atoms. The molecule has 0 aliphatic heterocycles. The van der Waals surface area contributed by atoms with Crippen LogP contribution in [0.3, 0.4) is 0 Å². The van der Waals surface area contributed by atoms with Gasteiger partial charge < -0.3 is 14.6 Å². The fourth-order valence-corrected chi connectivity index (χ4v) is 3.30. The van der Waals surface area contributed by atoms with Crippen LogP contribution in [0.5, 0.6) is 5.75 Å². The summed E-state index contributed by atoms with van der Waals surface area (Å²) in [5.41, 5.74) is 1.41. The number of nitrogens with zero attached hydrogens (tertiary/aromatic N) is 3. The van der Waals surface area contributed by atoms with Gasteiger partial charge in [0, 0.05) is 7.05 Å². The predicted octanol–water partition coefficient (Wildman–Crippen LogP) is 4.39. The molecule has 8 heteroatoms. The van der Waals surface area contributed by atoms with Crippen LogP contribution in [0.1, 0.15) is 31.2 Å². The summed E-state index contributed by atoms with van der Waals surface area (Å²) in [5, 5.41) is 11.4. The Labute approximate surface area is 173 Å². The zero-order valence-electron chi connectivity index (χ0n) is 16.6. The van der Waals surface area contributed by atoms with Gasteiger partial charge >= 0.3 is 0 Å². The number of halogens is 1. The van der Waals surface area contributed by atoms with Crippen molar-refractivity contribution in [2.45, 2.75) is 31.5 Å². The molecule has 152 valence electrons. The van der Waals surface area contributed by atoms with Crippen molar-refractivity contribution in [1.82, 2.24) is 14.8 Å². The van der Waals surface area contributed by atoms with Crippen LogP contribution < -0.4 is 10.1 Å². The van der Waals surface area contributed by atoms with Gasteiger partial charge in [0.25, 0.3) is 0 Å². The Balaban J connectivity index is 1.52. The Morgan fingerprint density at radius 1 is 1.17 bits per heavy atom. The standard InChI is InChI=1S/C21H23FN4O2S/c1-14(2)15-8-10-16(11-9-15)28-12-19-24-25-21(26(19)3)29-13-20(27)23-18-7-5-4-6-17(18)22/h4-11,14H,12-13H2,1-3H3,(H,23,27). The van der Waals surface area contributed by atoms with Crippen molar-refractivity contribution in [3.8, 4) is 5.75 Å². The van der Waals surface area contributed by atoms with Crippen molar-refractivity contribution >= 4 is 23.4 Å². The minimum Gasteiger partial charge on any atom is -0.486 e. The third-order valence-electron chi connectivity index (χ3n) is 4.32. The summed E-state index contributed by atoms with van der Waals surface area (Å²) in [5.74, 6) is 1.19. The van der Waals surface area contributed by atoms with Gasteiger partial charge in [0.1, 0.15) is 18.2 Å². The molecule has 3 aromatic rings. The minimum atomic E-state index is -0.467. The number of anilines is 1. The van der Waals surface area contributed by atoms with Crippen LogP contribution in [0.15, 0.2) is 53.7 Å². The molecule has 3 rings (SSSR count). The first-order chi connectivity index (χ1) is 13.9. The predicted molar refractivity (Wildman–Crippen MR) is 112 cm³/mol. The number of para-hydroxylation sites is 1. The summed E-state index contributed by atoms with van der Waals surface area (Å²) in [4.78, 5) is 12.1. The highest BCUT2D eigenvalue weighted by Gasteiger charge is 2.13. The topological polar surface area (TPSA) is 69.0 Å². The molecular formula is C21H23FN4O2S. The van der Waals surface area contributed by atoms with E-state index in [-0.39, 0.29) is 24.0 Å². The molecule has 0 radical (unpaired) electrons. The Bertz CT molecular complexity index is 973. The summed E-state index contributed by atoms with van der Waals surface area (Å²) >= 11 is 1.23. The van der Waals surface area contributed by atoms with E-state index in [0.29, 0.717) is 16.9 Å². The fourth-order valence-electron chi connectivity index (χ4n) is 2.57. The van der Waals surface area contributed by atoms with E-state index >= 15 is 0 Å². The molecule has 2 aromatic carbocycles. The van der Waals surface area contributed by atoms with Gasteiger partial charge in [0.05, 0.1) is 11.4 Å². The van der Waals surface area contributed by atoms with E-state index in [4.69, 9.17) is 4.74 Å². The van der Waals surface area contributed by atoms with Gasteiger partial charge in [0.15, 0.2) is 11.0 Å². The highest BCUT2D eigenvalue weighted by atomic mass is 32.2. The second-order valence-corrected chi connectivity index (χ2v) is 7.73. The van der Waals surface area contributed by atoms with Gasteiger partial charge in [-0.3, -0.25) is 4.79 Å². The lowest BCUT2D eigenvalue weighted by Crippen LogP contribution is -2.15. The number of amides is 1. The first kappa shape index (κ1) is 20.9. The molecule has 0 aliphatic rings. The molecule has 0 aliphatic carbocycles. The Hall–Kier alpha value is -2.87. The first-order valence-electron chi connectivity index (χ1n) is 9.22. The zero-order valence-corrected chi connectivity index (χ0v) is 17.4. The summed E-state index contributed by atoms with van der Waals surface area (Å²) in [6.07, 6.45) is 0. The van der Waals surface area contributed by atoms with E-state index in [2.05, 4.69) is 29.4 Å². The molecule has 1 aromatic heterocycles. The molecule has 6 nitrogen and oxygen atoms in total. The van der Waals surface area contributed by atoms with Gasteiger partial charge in [-0.15, -0.1) is 10.2 Å². The summed E-state index contributed by atoms with van der Waals surface area (Å²) in [6.45, 7) is 4.56. The highest BCUT2D eigenvalue weighted by molar-refractivity contribution is 7.99. The number of benzene rings is 2. The molecule has 0 saturated heterocycles. The van der Waals surface area contributed by atoms with E-state index in [1.165, 1.54) is 29.5 Å². The van der Waals surface area contributed by atoms with Gasteiger partial charge in [-0.25, -0.2) is 4.39 Å². The molecular weight excluding hydrogens is 391 g/mol. The summed E-state index contributed by atoms with van der Waals surface area (Å²) in [6, 6.07) is 14.0. The second-order valence-electron chi connectivity index (χ2n) is 6.79. The van der Waals surface area contributed by atoms with E-state index in [1.54, 1.807) is 16.7 Å². The molecule has 0 fully saturated rings. The number of nitrogens with one attached hydrogen (secondary N) is 1. The van der Waals surface area contributed by atoms with Gasteiger partial charge in [-0.1, -0.05) is 49.9 Å². The van der Waals surface area contributed by atoms with Crippen molar-refractivity contribution in [2.75, 3.05) is 11.1 Å². The van der Waals surface area contributed by atoms with Crippen molar-refractivity contribution in [3.05, 3.63) is 65.7 Å². The van der Waals surface area contributed by atoms with Crippen molar-refractivity contribution < 1.29 is 13.9 Å². The highest BCUT2D eigenvalue weighted by Crippen LogP contribution is 2.21. The van der Waals surface area contributed by atoms with Crippen molar-refractivity contribution in [3.63, 3.8) is 0 Å².